The summed E-state index contributed by atoms with van der Waals surface area (Å²) in [5.74, 6) is 1.24. The first kappa shape index (κ1) is 14.9. The van der Waals surface area contributed by atoms with Gasteiger partial charge in [0.05, 0.1) is 5.69 Å². The molecule has 0 aromatic carbocycles. The zero-order chi connectivity index (χ0) is 14.7. The Labute approximate surface area is 123 Å². The maximum absolute atomic E-state index is 5.83. The first-order chi connectivity index (χ1) is 9.52. The predicted molar refractivity (Wildman–Crippen MR) is 81.6 cm³/mol. The molecule has 0 aliphatic carbocycles. The molecule has 6 nitrogen and oxygen atoms in total. The van der Waals surface area contributed by atoms with Crippen LogP contribution in [0.3, 0.4) is 0 Å². The molecule has 1 atom stereocenters. The summed E-state index contributed by atoms with van der Waals surface area (Å²) in [5.41, 5.74) is 6.88. The van der Waals surface area contributed by atoms with Gasteiger partial charge in [-0.05, 0) is 33.3 Å². The van der Waals surface area contributed by atoms with Gasteiger partial charge in [-0.1, -0.05) is 18.7 Å². The highest BCUT2D eigenvalue weighted by atomic mass is 32.2. The Bertz CT molecular complexity index is 559. The number of hydrogen-bond acceptors (Lipinski definition) is 5. The van der Waals surface area contributed by atoms with Crippen LogP contribution in [0, 0.1) is 0 Å². The third kappa shape index (κ3) is 3.15. The average Bonchev–Trinajstić information content (AvgIpc) is 3.02. The van der Waals surface area contributed by atoms with Gasteiger partial charge in [-0.15, -0.1) is 10.2 Å². The second-order valence-corrected chi connectivity index (χ2v) is 6.08. The fraction of sp³-hybridized carbons (Fsp3) is 0.615. The van der Waals surface area contributed by atoms with Gasteiger partial charge in [0.25, 0.3) is 0 Å². The maximum atomic E-state index is 5.83. The molecule has 2 heterocycles. The van der Waals surface area contributed by atoms with Crippen molar-refractivity contribution in [1.82, 2.24) is 24.5 Å². The lowest BCUT2D eigenvalue weighted by Gasteiger charge is -2.10. The minimum absolute atomic E-state index is 0.255. The van der Waals surface area contributed by atoms with Gasteiger partial charge >= 0.3 is 0 Å². The van der Waals surface area contributed by atoms with Crippen LogP contribution in [0.1, 0.15) is 51.9 Å². The van der Waals surface area contributed by atoms with Crippen molar-refractivity contribution in [2.24, 2.45) is 0 Å². The lowest BCUT2D eigenvalue weighted by molar-refractivity contribution is 0.475. The van der Waals surface area contributed by atoms with Crippen molar-refractivity contribution >= 4 is 17.7 Å². The van der Waals surface area contributed by atoms with Crippen LogP contribution in [0.25, 0.3) is 0 Å². The molecule has 0 aliphatic rings. The molecule has 0 spiro atoms. The summed E-state index contributed by atoms with van der Waals surface area (Å²) < 4.78 is 3.95. The molecule has 2 rings (SSSR count). The SMILES string of the molecule is CCC(C)n1ccc(CSc2nnc(N)n2C(C)C)n1. The first-order valence-corrected chi connectivity index (χ1v) is 7.88. The summed E-state index contributed by atoms with van der Waals surface area (Å²) in [6.07, 6.45) is 3.11. The van der Waals surface area contributed by atoms with Crippen LogP contribution >= 0.6 is 11.8 Å². The molecule has 0 bridgehead atoms. The van der Waals surface area contributed by atoms with Crippen molar-refractivity contribution in [2.75, 3.05) is 5.73 Å². The summed E-state index contributed by atoms with van der Waals surface area (Å²) in [6.45, 7) is 8.47. The van der Waals surface area contributed by atoms with Crippen molar-refractivity contribution in [3.8, 4) is 0 Å². The van der Waals surface area contributed by atoms with E-state index in [0.29, 0.717) is 12.0 Å². The number of thioether (sulfide) groups is 1. The fourth-order valence-electron chi connectivity index (χ4n) is 1.90. The van der Waals surface area contributed by atoms with E-state index in [4.69, 9.17) is 5.73 Å². The highest BCUT2D eigenvalue weighted by Crippen LogP contribution is 2.25. The van der Waals surface area contributed by atoms with Gasteiger partial charge in [0, 0.05) is 24.0 Å². The van der Waals surface area contributed by atoms with Gasteiger partial charge in [-0.2, -0.15) is 5.10 Å². The Balaban J connectivity index is 2.04. The van der Waals surface area contributed by atoms with E-state index in [-0.39, 0.29) is 6.04 Å². The van der Waals surface area contributed by atoms with E-state index in [9.17, 15) is 0 Å². The smallest absolute Gasteiger partial charge is 0.222 e. The molecule has 2 N–H and O–H groups in total. The molecule has 0 saturated heterocycles. The molecule has 0 radical (unpaired) electrons. The van der Waals surface area contributed by atoms with Gasteiger partial charge in [0.1, 0.15) is 0 Å². The number of rotatable bonds is 6. The van der Waals surface area contributed by atoms with Crippen LogP contribution in [0.2, 0.25) is 0 Å². The number of nitrogens with zero attached hydrogens (tertiary/aromatic N) is 5. The summed E-state index contributed by atoms with van der Waals surface area (Å²) in [4.78, 5) is 0. The molecule has 0 saturated carbocycles. The molecule has 2 aromatic rings. The standard InChI is InChI=1S/C13H22N6S/c1-5-10(4)18-7-6-11(17-18)8-20-13-16-15-12(14)19(13)9(2)3/h6-7,9-10H,5,8H2,1-4H3,(H2,14,15). The van der Waals surface area contributed by atoms with Crippen molar-refractivity contribution in [1.29, 1.82) is 0 Å². The molecule has 20 heavy (non-hydrogen) atoms. The van der Waals surface area contributed by atoms with E-state index in [2.05, 4.69) is 49.1 Å². The Kier molecular flexibility index (Phi) is 4.69. The van der Waals surface area contributed by atoms with Crippen LogP contribution in [0.5, 0.6) is 0 Å². The molecule has 7 heteroatoms. The van der Waals surface area contributed by atoms with Gasteiger partial charge in [-0.3, -0.25) is 9.25 Å². The second kappa shape index (κ2) is 6.30. The van der Waals surface area contributed by atoms with E-state index in [1.807, 2.05) is 15.4 Å². The third-order valence-electron chi connectivity index (χ3n) is 3.26. The van der Waals surface area contributed by atoms with Crippen molar-refractivity contribution in [2.45, 2.75) is 57.1 Å². The largest absolute Gasteiger partial charge is 0.368 e. The third-order valence-corrected chi connectivity index (χ3v) is 4.24. The average molecular weight is 294 g/mol. The quantitative estimate of drug-likeness (QED) is 0.829. The van der Waals surface area contributed by atoms with E-state index >= 15 is 0 Å². The van der Waals surface area contributed by atoms with Crippen LogP contribution in [0.4, 0.5) is 5.95 Å². The summed E-state index contributed by atoms with van der Waals surface area (Å²) in [6, 6.07) is 2.74. The van der Waals surface area contributed by atoms with Crippen molar-refractivity contribution in [3.63, 3.8) is 0 Å². The van der Waals surface area contributed by atoms with Gasteiger partial charge in [0.2, 0.25) is 5.95 Å². The van der Waals surface area contributed by atoms with Gasteiger partial charge < -0.3 is 5.73 Å². The minimum Gasteiger partial charge on any atom is -0.368 e. The normalized spacial score (nSPS) is 13.1. The lowest BCUT2D eigenvalue weighted by Crippen LogP contribution is -2.07. The second-order valence-electron chi connectivity index (χ2n) is 5.14. The zero-order valence-corrected chi connectivity index (χ0v) is 13.3. The van der Waals surface area contributed by atoms with E-state index < -0.39 is 0 Å². The molecule has 2 aromatic heterocycles. The Morgan fingerprint density at radius 1 is 1.30 bits per heavy atom. The molecular weight excluding hydrogens is 272 g/mol. The van der Waals surface area contributed by atoms with Crippen LogP contribution in [0.15, 0.2) is 17.4 Å². The number of aromatic nitrogens is 5. The van der Waals surface area contributed by atoms with Gasteiger partial charge in [0.15, 0.2) is 5.16 Å². The minimum atomic E-state index is 0.255. The zero-order valence-electron chi connectivity index (χ0n) is 12.4. The van der Waals surface area contributed by atoms with E-state index in [1.54, 1.807) is 11.8 Å². The summed E-state index contributed by atoms with van der Waals surface area (Å²) in [5, 5.41) is 13.5. The Morgan fingerprint density at radius 2 is 2.05 bits per heavy atom. The van der Waals surface area contributed by atoms with Crippen LogP contribution < -0.4 is 5.73 Å². The van der Waals surface area contributed by atoms with Gasteiger partial charge in [-0.25, -0.2) is 0 Å². The number of anilines is 1. The topological polar surface area (TPSA) is 74.6 Å². The summed E-state index contributed by atoms with van der Waals surface area (Å²) >= 11 is 1.62. The van der Waals surface area contributed by atoms with Crippen LogP contribution in [-0.4, -0.2) is 24.5 Å². The molecule has 0 aliphatic heterocycles. The molecule has 0 amide bonds. The molecule has 110 valence electrons. The number of hydrogen-bond donors (Lipinski definition) is 1. The number of nitrogens with two attached hydrogens (primary N) is 1. The van der Waals surface area contributed by atoms with E-state index in [0.717, 1.165) is 23.0 Å². The van der Waals surface area contributed by atoms with Crippen molar-refractivity contribution < 1.29 is 0 Å². The lowest BCUT2D eigenvalue weighted by atomic mass is 10.3. The highest BCUT2D eigenvalue weighted by Gasteiger charge is 2.13. The fourth-order valence-corrected chi connectivity index (χ4v) is 2.87. The Morgan fingerprint density at radius 3 is 2.70 bits per heavy atom. The van der Waals surface area contributed by atoms with E-state index in [1.165, 1.54) is 0 Å². The first-order valence-electron chi connectivity index (χ1n) is 6.90. The monoisotopic (exact) mass is 294 g/mol. The predicted octanol–water partition coefficient (Wildman–Crippen LogP) is 2.90. The molecular formula is C13H22N6S. The van der Waals surface area contributed by atoms with Crippen LogP contribution in [-0.2, 0) is 5.75 Å². The summed E-state index contributed by atoms with van der Waals surface area (Å²) in [7, 11) is 0. The Hall–Kier alpha value is -1.50. The molecule has 0 fully saturated rings. The number of nitrogen functional groups attached to an aromatic ring is 1. The maximum Gasteiger partial charge on any atom is 0.222 e. The highest BCUT2D eigenvalue weighted by molar-refractivity contribution is 7.98. The molecule has 1 unspecified atom stereocenters. The van der Waals surface area contributed by atoms with Crippen molar-refractivity contribution in [3.05, 3.63) is 18.0 Å².